The van der Waals surface area contributed by atoms with Crippen LogP contribution in [0.2, 0.25) is 0 Å². The van der Waals surface area contributed by atoms with E-state index in [0.29, 0.717) is 32.2 Å². The molecule has 1 aliphatic rings. The third-order valence-electron chi connectivity index (χ3n) is 4.99. The Morgan fingerprint density at radius 3 is 2.72 bits per heavy atom. The molecule has 2 aromatic rings. The summed E-state index contributed by atoms with van der Waals surface area (Å²) in [6.45, 7) is 6.62. The van der Waals surface area contributed by atoms with Gasteiger partial charge in [0.25, 0.3) is 0 Å². The standard InChI is InChI=1S/C22H30N4O3/c1-18-6-8-20(9-7-18)25-11-4-12-26(14-13-25)22(27)24-17-19-5-3-10-23-21(19)29-16-15-28-2/h3,5-10H,4,11-17H2,1-2H3,(H,24,27). The number of carbonyl (C=O) groups is 1. The van der Waals surface area contributed by atoms with Crippen molar-refractivity contribution in [1.29, 1.82) is 0 Å². The maximum atomic E-state index is 12.7. The quantitative estimate of drug-likeness (QED) is 0.727. The van der Waals surface area contributed by atoms with Crippen LogP contribution >= 0.6 is 0 Å². The summed E-state index contributed by atoms with van der Waals surface area (Å²) in [4.78, 5) is 21.2. The Hall–Kier alpha value is -2.80. The van der Waals surface area contributed by atoms with E-state index in [1.54, 1.807) is 13.3 Å². The highest BCUT2D eigenvalue weighted by molar-refractivity contribution is 5.74. The summed E-state index contributed by atoms with van der Waals surface area (Å²) in [7, 11) is 1.63. The normalized spacial score (nSPS) is 14.4. The van der Waals surface area contributed by atoms with Crippen LogP contribution in [0.3, 0.4) is 0 Å². The zero-order valence-electron chi connectivity index (χ0n) is 17.3. The van der Waals surface area contributed by atoms with Gasteiger partial charge >= 0.3 is 6.03 Å². The van der Waals surface area contributed by atoms with Gasteiger partial charge in [-0.2, -0.15) is 0 Å². The van der Waals surface area contributed by atoms with E-state index in [0.717, 1.165) is 31.6 Å². The number of carbonyl (C=O) groups excluding carboxylic acids is 1. The van der Waals surface area contributed by atoms with Crippen LogP contribution in [-0.4, -0.2) is 62.4 Å². The third kappa shape index (κ3) is 6.09. The zero-order valence-corrected chi connectivity index (χ0v) is 17.3. The first-order chi connectivity index (χ1) is 14.2. The molecule has 1 aromatic heterocycles. The highest BCUT2D eigenvalue weighted by Gasteiger charge is 2.19. The number of aromatic nitrogens is 1. The number of rotatable bonds is 7. The smallest absolute Gasteiger partial charge is 0.317 e. The molecule has 1 saturated heterocycles. The SMILES string of the molecule is COCCOc1ncccc1CNC(=O)N1CCCN(c2ccc(C)cc2)CC1. The molecule has 0 spiro atoms. The van der Waals surface area contributed by atoms with Gasteiger partial charge in [0.2, 0.25) is 5.88 Å². The minimum Gasteiger partial charge on any atom is -0.475 e. The molecule has 0 radical (unpaired) electrons. The van der Waals surface area contributed by atoms with Gasteiger partial charge in [0.1, 0.15) is 6.61 Å². The molecule has 7 heteroatoms. The molecule has 1 aromatic carbocycles. The summed E-state index contributed by atoms with van der Waals surface area (Å²) in [6.07, 6.45) is 2.63. The van der Waals surface area contributed by atoms with E-state index in [2.05, 4.69) is 46.4 Å². The second-order valence-corrected chi connectivity index (χ2v) is 7.13. The van der Waals surface area contributed by atoms with Gasteiger partial charge in [0.15, 0.2) is 0 Å². The van der Waals surface area contributed by atoms with Crippen LogP contribution in [-0.2, 0) is 11.3 Å². The number of pyridine rings is 1. The average Bonchev–Trinajstić information content (AvgIpc) is 3.00. The van der Waals surface area contributed by atoms with Gasteiger partial charge in [-0.3, -0.25) is 0 Å². The van der Waals surface area contributed by atoms with Crippen molar-refractivity contribution in [1.82, 2.24) is 15.2 Å². The van der Waals surface area contributed by atoms with E-state index in [-0.39, 0.29) is 6.03 Å². The van der Waals surface area contributed by atoms with E-state index in [9.17, 15) is 4.79 Å². The molecule has 0 unspecified atom stereocenters. The van der Waals surface area contributed by atoms with Crippen LogP contribution in [0.1, 0.15) is 17.5 Å². The van der Waals surface area contributed by atoms with Crippen LogP contribution in [0.15, 0.2) is 42.6 Å². The monoisotopic (exact) mass is 398 g/mol. The first kappa shape index (κ1) is 20.9. The van der Waals surface area contributed by atoms with E-state index >= 15 is 0 Å². The lowest BCUT2D eigenvalue weighted by atomic mass is 10.2. The van der Waals surface area contributed by atoms with Gasteiger partial charge in [0, 0.05) is 57.3 Å². The molecule has 156 valence electrons. The molecule has 0 aliphatic carbocycles. The molecule has 7 nitrogen and oxygen atoms in total. The molecule has 29 heavy (non-hydrogen) atoms. The maximum absolute atomic E-state index is 12.7. The first-order valence-electron chi connectivity index (χ1n) is 10.1. The number of hydrogen-bond donors (Lipinski definition) is 1. The number of methoxy groups -OCH3 is 1. The number of benzene rings is 1. The molecule has 0 bridgehead atoms. The summed E-state index contributed by atoms with van der Waals surface area (Å²) < 4.78 is 10.6. The first-order valence-corrected chi connectivity index (χ1v) is 10.1. The minimum atomic E-state index is -0.0533. The molecule has 1 N–H and O–H groups in total. The molecular formula is C22H30N4O3. The molecule has 0 atom stereocenters. The Bertz CT molecular complexity index is 782. The Morgan fingerprint density at radius 1 is 1.10 bits per heavy atom. The number of aryl methyl sites for hydroxylation is 1. The number of urea groups is 1. The Morgan fingerprint density at radius 2 is 1.93 bits per heavy atom. The van der Waals surface area contributed by atoms with Crippen molar-refractivity contribution in [3.8, 4) is 5.88 Å². The number of nitrogens with one attached hydrogen (secondary N) is 1. The Kier molecular flexibility index (Phi) is 7.69. The maximum Gasteiger partial charge on any atom is 0.317 e. The summed E-state index contributed by atoms with van der Waals surface area (Å²) in [6, 6.07) is 12.3. The fraction of sp³-hybridized carbons (Fsp3) is 0.455. The van der Waals surface area contributed by atoms with Crippen molar-refractivity contribution in [3.05, 3.63) is 53.7 Å². The molecule has 3 rings (SSSR count). The Labute approximate surface area is 172 Å². The molecule has 1 aliphatic heterocycles. The number of nitrogens with zero attached hydrogens (tertiary/aromatic N) is 3. The predicted molar refractivity (Wildman–Crippen MR) is 113 cm³/mol. The molecule has 1 fully saturated rings. The van der Waals surface area contributed by atoms with E-state index in [1.807, 2.05) is 17.0 Å². The highest BCUT2D eigenvalue weighted by atomic mass is 16.5. The molecule has 2 heterocycles. The predicted octanol–water partition coefficient (Wildman–Crippen LogP) is 2.84. The fourth-order valence-electron chi connectivity index (χ4n) is 3.33. The van der Waals surface area contributed by atoms with Gasteiger partial charge < -0.3 is 24.6 Å². The lowest BCUT2D eigenvalue weighted by Gasteiger charge is -2.24. The summed E-state index contributed by atoms with van der Waals surface area (Å²) in [5.74, 6) is 0.534. The van der Waals surface area contributed by atoms with Gasteiger partial charge in [-0.25, -0.2) is 9.78 Å². The van der Waals surface area contributed by atoms with Crippen molar-refractivity contribution < 1.29 is 14.3 Å². The van der Waals surface area contributed by atoms with E-state index in [4.69, 9.17) is 9.47 Å². The zero-order chi connectivity index (χ0) is 20.5. The Balaban J connectivity index is 1.52. The van der Waals surface area contributed by atoms with Crippen LogP contribution in [0.5, 0.6) is 5.88 Å². The van der Waals surface area contributed by atoms with E-state index < -0.39 is 0 Å². The van der Waals surface area contributed by atoms with Crippen LogP contribution in [0.4, 0.5) is 10.5 Å². The molecule has 2 amide bonds. The minimum absolute atomic E-state index is 0.0533. The average molecular weight is 399 g/mol. The van der Waals surface area contributed by atoms with E-state index in [1.165, 1.54) is 11.3 Å². The number of anilines is 1. The fourth-order valence-corrected chi connectivity index (χ4v) is 3.33. The third-order valence-corrected chi connectivity index (χ3v) is 4.99. The summed E-state index contributed by atoms with van der Waals surface area (Å²) >= 11 is 0. The van der Waals surface area contributed by atoms with Crippen LogP contribution < -0.4 is 15.0 Å². The van der Waals surface area contributed by atoms with Crippen molar-refractivity contribution in [3.63, 3.8) is 0 Å². The van der Waals surface area contributed by atoms with Crippen molar-refractivity contribution >= 4 is 11.7 Å². The van der Waals surface area contributed by atoms with Crippen LogP contribution in [0, 0.1) is 6.92 Å². The number of amides is 2. The van der Waals surface area contributed by atoms with Crippen LogP contribution in [0.25, 0.3) is 0 Å². The van der Waals surface area contributed by atoms with Gasteiger partial charge in [-0.1, -0.05) is 23.8 Å². The summed E-state index contributed by atoms with van der Waals surface area (Å²) in [5.41, 5.74) is 3.32. The van der Waals surface area contributed by atoms with Gasteiger partial charge in [-0.05, 0) is 31.5 Å². The lowest BCUT2D eigenvalue weighted by molar-refractivity contribution is 0.143. The highest BCUT2D eigenvalue weighted by Crippen LogP contribution is 2.18. The summed E-state index contributed by atoms with van der Waals surface area (Å²) in [5, 5.41) is 3.01. The molecule has 0 saturated carbocycles. The molecular weight excluding hydrogens is 368 g/mol. The van der Waals surface area contributed by atoms with Gasteiger partial charge in [0.05, 0.1) is 6.61 Å². The van der Waals surface area contributed by atoms with Crippen molar-refractivity contribution in [2.24, 2.45) is 0 Å². The largest absolute Gasteiger partial charge is 0.475 e. The van der Waals surface area contributed by atoms with Crippen molar-refractivity contribution in [2.45, 2.75) is 19.9 Å². The lowest BCUT2D eigenvalue weighted by Crippen LogP contribution is -2.41. The topological polar surface area (TPSA) is 66.9 Å². The second-order valence-electron chi connectivity index (χ2n) is 7.13. The van der Waals surface area contributed by atoms with Crippen molar-refractivity contribution in [2.75, 3.05) is 51.4 Å². The second kappa shape index (κ2) is 10.7. The number of hydrogen-bond acceptors (Lipinski definition) is 5. The number of ether oxygens (including phenoxy) is 2. The van der Waals surface area contributed by atoms with Gasteiger partial charge in [-0.15, -0.1) is 0 Å².